The van der Waals surface area contributed by atoms with Gasteiger partial charge >= 0.3 is 0 Å². The highest BCUT2D eigenvalue weighted by atomic mass is 14.7. The monoisotopic (exact) mass is 167 g/mol. The zero-order valence-corrected chi connectivity index (χ0v) is 8.51. The molecule has 0 amide bonds. The van der Waals surface area contributed by atoms with E-state index in [-0.39, 0.29) is 0 Å². The van der Waals surface area contributed by atoms with Crippen LogP contribution in [0.15, 0.2) is 0 Å². The summed E-state index contributed by atoms with van der Waals surface area (Å²) in [6.45, 7) is 8.13. The summed E-state index contributed by atoms with van der Waals surface area (Å²) in [6.07, 6.45) is 2.83. The Kier molecular flexibility index (Phi) is 1.76. The Morgan fingerprint density at radius 1 is 1.25 bits per heavy atom. The third-order valence-corrected chi connectivity index (χ3v) is 4.58. The third-order valence-electron chi connectivity index (χ3n) is 4.58. The van der Waals surface area contributed by atoms with E-state index in [0.717, 1.165) is 30.2 Å². The first-order valence-corrected chi connectivity index (χ1v) is 5.27. The average molecular weight is 167 g/mol. The van der Waals surface area contributed by atoms with E-state index in [1.807, 2.05) is 0 Å². The summed E-state index contributed by atoms with van der Waals surface area (Å²) < 4.78 is 0. The second-order valence-electron chi connectivity index (χ2n) is 5.48. The average Bonchev–Trinajstić information content (AvgIpc) is 2.52. The van der Waals surface area contributed by atoms with Crippen molar-refractivity contribution in [2.75, 3.05) is 6.54 Å². The molecule has 0 bridgehead atoms. The van der Waals surface area contributed by atoms with Crippen LogP contribution in [-0.2, 0) is 0 Å². The summed E-state index contributed by atoms with van der Waals surface area (Å²) >= 11 is 0. The molecule has 4 atom stereocenters. The van der Waals surface area contributed by atoms with Gasteiger partial charge in [0.05, 0.1) is 0 Å². The molecule has 0 aromatic carbocycles. The molecule has 2 saturated carbocycles. The van der Waals surface area contributed by atoms with Gasteiger partial charge in [-0.05, 0) is 48.5 Å². The summed E-state index contributed by atoms with van der Waals surface area (Å²) in [5, 5.41) is 0. The van der Waals surface area contributed by atoms with Crippen LogP contribution in [0, 0.1) is 29.1 Å². The fourth-order valence-corrected chi connectivity index (χ4v) is 3.27. The maximum absolute atomic E-state index is 5.76. The fraction of sp³-hybridized carbons (Fsp3) is 1.00. The largest absolute Gasteiger partial charge is 0.330 e. The van der Waals surface area contributed by atoms with E-state index in [0.29, 0.717) is 5.41 Å². The summed E-state index contributed by atoms with van der Waals surface area (Å²) in [5.41, 5.74) is 6.41. The molecule has 0 heterocycles. The molecule has 2 aliphatic carbocycles. The molecule has 2 N–H and O–H groups in total. The van der Waals surface area contributed by atoms with Crippen molar-refractivity contribution in [2.45, 2.75) is 33.6 Å². The first-order valence-electron chi connectivity index (χ1n) is 5.27. The van der Waals surface area contributed by atoms with Crippen molar-refractivity contribution in [1.29, 1.82) is 0 Å². The molecule has 0 aromatic rings. The van der Waals surface area contributed by atoms with Crippen LogP contribution in [0.4, 0.5) is 0 Å². The highest BCUT2D eigenvalue weighted by molar-refractivity contribution is 5.08. The third kappa shape index (κ3) is 1.02. The molecule has 0 unspecified atom stereocenters. The lowest BCUT2D eigenvalue weighted by Gasteiger charge is -2.26. The first kappa shape index (κ1) is 8.55. The normalized spacial score (nSPS) is 50.0. The van der Waals surface area contributed by atoms with Crippen LogP contribution in [0.1, 0.15) is 33.6 Å². The Labute approximate surface area is 75.7 Å². The molecule has 0 aromatic heterocycles. The number of nitrogens with two attached hydrogens (primary N) is 1. The Bertz CT molecular complexity index is 185. The van der Waals surface area contributed by atoms with Crippen LogP contribution in [0.25, 0.3) is 0 Å². The van der Waals surface area contributed by atoms with E-state index in [9.17, 15) is 0 Å². The summed E-state index contributed by atoms with van der Waals surface area (Å²) in [6, 6.07) is 0. The van der Waals surface area contributed by atoms with E-state index < -0.39 is 0 Å². The van der Waals surface area contributed by atoms with Crippen molar-refractivity contribution in [2.24, 2.45) is 34.8 Å². The maximum Gasteiger partial charge on any atom is -0.00462 e. The minimum atomic E-state index is 0.651. The minimum absolute atomic E-state index is 0.651. The number of hydrogen-bond donors (Lipinski definition) is 1. The Balaban J connectivity index is 2.03. The van der Waals surface area contributed by atoms with Gasteiger partial charge in [0.15, 0.2) is 0 Å². The van der Waals surface area contributed by atoms with E-state index in [1.165, 1.54) is 12.8 Å². The van der Waals surface area contributed by atoms with Gasteiger partial charge in [-0.2, -0.15) is 0 Å². The van der Waals surface area contributed by atoms with Crippen LogP contribution in [0.3, 0.4) is 0 Å². The predicted octanol–water partition coefficient (Wildman–Crippen LogP) is 2.26. The molecule has 1 nitrogen and oxygen atoms in total. The fourth-order valence-electron chi connectivity index (χ4n) is 3.27. The maximum atomic E-state index is 5.76. The molecule has 0 aliphatic heterocycles. The number of hydrogen-bond acceptors (Lipinski definition) is 1. The Morgan fingerprint density at radius 3 is 2.42 bits per heavy atom. The SMILES string of the molecule is C[C@@H]1C[C@H]2[C@@H](C[C@@H]1CN)C2(C)C. The quantitative estimate of drug-likeness (QED) is 0.637. The Hall–Kier alpha value is -0.0400. The first-order chi connectivity index (χ1) is 5.57. The second-order valence-corrected chi connectivity index (χ2v) is 5.48. The molecule has 2 aliphatic rings. The van der Waals surface area contributed by atoms with Gasteiger partial charge in [0.25, 0.3) is 0 Å². The predicted molar refractivity (Wildman–Crippen MR) is 51.7 cm³/mol. The van der Waals surface area contributed by atoms with Crippen LogP contribution in [-0.4, -0.2) is 6.54 Å². The molecule has 0 radical (unpaired) electrons. The highest BCUT2D eigenvalue weighted by Gasteiger charge is 2.60. The standard InChI is InChI=1S/C11H21N/c1-7-4-9-10(11(9,2)3)5-8(7)6-12/h7-10H,4-6,12H2,1-3H3/t7-,8-,9+,10-/m1/s1. The lowest BCUT2D eigenvalue weighted by molar-refractivity contribution is 0.252. The molecule has 1 heteroatoms. The zero-order chi connectivity index (χ0) is 8.93. The lowest BCUT2D eigenvalue weighted by Crippen LogP contribution is -2.25. The molecule has 2 fully saturated rings. The van der Waals surface area contributed by atoms with Gasteiger partial charge in [0.2, 0.25) is 0 Å². The topological polar surface area (TPSA) is 26.0 Å². The molecular weight excluding hydrogens is 146 g/mol. The summed E-state index contributed by atoms with van der Waals surface area (Å²) in [7, 11) is 0. The molecule has 2 rings (SSSR count). The molecule has 70 valence electrons. The van der Waals surface area contributed by atoms with Crippen molar-refractivity contribution >= 4 is 0 Å². The van der Waals surface area contributed by atoms with Crippen molar-refractivity contribution in [3.05, 3.63) is 0 Å². The Morgan fingerprint density at radius 2 is 1.83 bits per heavy atom. The van der Waals surface area contributed by atoms with Crippen molar-refractivity contribution in [3.63, 3.8) is 0 Å². The molecule has 0 spiro atoms. The number of fused-ring (bicyclic) bond motifs is 1. The van der Waals surface area contributed by atoms with Crippen LogP contribution < -0.4 is 5.73 Å². The molecular formula is C11H21N. The lowest BCUT2D eigenvalue weighted by atomic mass is 9.81. The van der Waals surface area contributed by atoms with Gasteiger partial charge in [0, 0.05) is 0 Å². The number of rotatable bonds is 1. The molecule has 12 heavy (non-hydrogen) atoms. The smallest absolute Gasteiger partial charge is 0.00462 e. The second kappa shape index (κ2) is 2.47. The van der Waals surface area contributed by atoms with Gasteiger partial charge in [-0.3, -0.25) is 0 Å². The summed E-state index contributed by atoms with van der Waals surface area (Å²) in [4.78, 5) is 0. The van der Waals surface area contributed by atoms with Gasteiger partial charge in [-0.1, -0.05) is 20.8 Å². The van der Waals surface area contributed by atoms with Gasteiger partial charge in [0.1, 0.15) is 0 Å². The van der Waals surface area contributed by atoms with E-state index in [2.05, 4.69) is 20.8 Å². The highest BCUT2D eigenvalue weighted by Crippen LogP contribution is 2.66. The van der Waals surface area contributed by atoms with Gasteiger partial charge in [-0.25, -0.2) is 0 Å². The van der Waals surface area contributed by atoms with Crippen LogP contribution in [0.2, 0.25) is 0 Å². The zero-order valence-electron chi connectivity index (χ0n) is 8.51. The van der Waals surface area contributed by atoms with E-state index in [4.69, 9.17) is 5.73 Å². The van der Waals surface area contributed by atoms with Crippen LogP contribution in [0.5, 0.6) is 0 Å². The van der Waals surface area contributed by atoms with Gasteiger partial charge in [-0.15, -0.1) is 0 Å². The van der Waals surface area contributed by atoms with Crippen molar-refractivity contribution in [3.8, 4) is 0 Å². The minimum Gasteiger partial charge on any atom is -0.330 e. The van der Waals surface area contributed by atoms with Crippen molar-refractivity contribution < 1.29 is 0 Å². The molecule has 0 saturated heterocycles. The van der Waals surface area contributed by atoms with Crippen molar-refractivity contribution in [1.82, 2.24) is 0 Å². The van der Waals surface area contributed by atoms with Gasteiger partial charge < -0.3 is 5.73 Å². The summed E-state index contributed by atoms with van der Waals surface area (Å²) in [5.74, 6) is 3.71. The van der Waals surface area contributed by atoms with E-state index >= 15 is 0 Å². The van der Waals surface area contributed by atoms with E-state index in [1.54, 1.807) is 0 Å². The van der Waals surface area contributed by atoms with Crippen LogP contribution >= 0.6 is 0 Å².